The summed E-state index contributed by atoms with van der Waals surface area (Å²) in [6.45, 7) is 2.60. The maximum Gasteiger partial charge on any atom is 0.224 e. The average Bonchev–Trinajstić information content (AvgIpc) is 2.78. The van der Waals surface area contributed by atoms with Crippen LogP contribution < -0.4 is 11.1 Å². The number of amides is 1. The molecular formula is C14H17N3OS. The largest absolute Gasteiger partial charge is 0.399 e. The van der Waals surface area contributed by atoms with Gasteiger partial charge in [0.15, 0.2) is 0 Å². The number of nitrogens with two attached hydrogens (primary N) is 1. The third-order valence-electron chi connectivity index (χ3n) is 2.71. The van der Waals surface area contributed by atoms with Crippen molar-refractivity contribution in [3.63, 3.8) is 0 Å². The Morgan fingerprint density at radius 2 is 2.11 bits per heavy atom. The number of nitrogen functional groups attached to an aromatic ring is 1. The zero-order valence-electron chi connectivity index (χ0n) is 10.8. The minimum absolute atomic E-state index is 0.0247. The Labute approximate surface area is 116 Å². The predicted octanol–water partition coefficient (Wildman–Crippen LogP) is 1.94. The smallest absolute Gasteiger partial charge is 0.224 e. The Kier molecular flexibility index (Phi) is 4.52. The molecule has 3 N–H and O–H groups in total. The molecule has 4 nitrogen and oxygen atoms in total. The van der Waals surface area contributed by atoms with Gasteiger partial charge in [0.1, 0.15) is 0 Å². The summed E-state index contributed by atoms with van der Waals surface area (Å²) >= 11 is 1.63. The first-order valence-electron chi connectivity index (χ1n) is 6.15. The topological polar surface area (TPSA) is 68.0 Å². The summed E-state index contributed by atoms with van der Waals surface area (Å²) in [5, 5.41) is 5.99. The van der Waals surface area contributed by atoms with E-state index in [-0.39, 0.29) is 5.91 Å². The molecule has 0 aliphatic rings. The molecule has 0 radical (unpaired) electrons. The lowest BCUT2D eigenvalue weighted by Crippen LogP contribution is -2.27. The number of rotatable bonds is 5. The zero-order chi connectivity index (χ0) is 13.7. The third kappa shape index (κ3) is 4.37. The summed E-state index contributed by atoms with van der Waals surface area (Å²) in [5.41, 5.74) is 8.31. The quantitative estimate of drug-likeness (QED) is 0.819. The standard InChI is InChI=1S/C14H17N3OS/c1-10-17-13(9-19-10)6-7-16-14(18)8-11-2-4-12(15)5-3-11/h2-5,9H,6-8,15H2,1H3,(H,16,18). The van der Waals surface area contributed by atoms with Gasteiger partial charge in [0.2, 0.25) is 5.91 Å². The van der Waals surface area contributed by atoms with Crippen LogP contribution in [0.5, 0.6) is 0 Å². The predicted molar refractivity (Wildman–Crippen MR) is 78.1 cm³/mol. The van der Waals surface area contributed by atoms with Crippen LogP contribution >= 0.6 is 11.3 Å². The first kappa shape index (κ1) is 13.5. The Balaban J connectivity index is 1.74. The molecule has 0 bridgehead atoms. The minimum atomic E-state index is 0.0247. The van der Waals surface area contributed by atoms with Gasteiger partial charge >= 0.3 is 0 Å². The van der Waals surface area contributed by atoms with Crippen molar-refractivity contribution in [2.24, 2.45) is 0 Å². The number of carbonyl (C=O) groups is 1. The summed E-state index contributed by atoms with van der Waals surface area (Å²) in [4.78, 5) is 16.1. The monoisotopic (exact) mass is 275 g/mol. The number of benzene rings is 1. The van der Waals surface area contributed by atoms with Crippen molar-refractivity contribution in [3.05, 3.63) is 45.9 Å². The molecule has 1 heterocycles. The number of aryl methyl sites for hydroxylation is 1. The van der Waals surface area contributed by atoms with Crippen LogP contribution in [0.3, 0.4) is 0 Å². The van der Waals surface area contributed by atoms with Gasteiger partial charge in [0.25, 0.3) is 0 Å². The maximum absolute atomic E-state index is 11.7. The fourth-order valence-electron chi connectivity index (χ4n) is 1.74. The molecule has 5 heteroatoms. The number of thiazole rings is 1. The van der Waals surface area contributed by atoms with E-state index in [0.717, 1.165) is 22.7 Å². The van der Waals surface area contributed by atoms with Crippen molar-refractivity contribution < 1.29 is 4.79 Å². The summed E-state index contributed by atoms with van der Waals surface area (Å²) in [5.74, 6) is 0.0247. The highest BCUT2D eigenvalue weighted by atomic mass is 32.1. The van der Waals surface area contributed by atoms with E-state index in [0.29, 0.717) is 18.7 Å². The van der Waals surface area contributed by atoms with Gasteiger partial charge in [-0.05, 0) is 24.6 Å². The lowest BCUT2D eigenvalue weighted by Gasteiger charge is -2.04. The number of hydrogen-bond donors (Lipinski definition) is 2. The van der Waals surface area contributed by atoms with Gasteiger partial charge in [-0.1, -0.05) is 12.1 Å². The van der Waals surface area contributed by atoms with Crippen LogP contribution in [0.4, 0.5) is 5.69 Å². The van der Waals surface area contributed by atoms with Crippen molar-refractivity contribution >= 4 is 22.9 Å². The SMILES string of the molecule is Cc1nc(CCNC(=O)Cc2ccc(N)cc2)cs1. The summed E-state index contributed by atoms with van der Waals surface area (Å²) in [6, 6.07) is 7.36. The van der Waals surface area contributed by atoms with Crippen molar-refractivity contribution in [1.82, 2.24) is 10.3 Å². The molecule has 1 aromatic carbocycles. The normalized spacial score (nSPS) is 10.4. The van der Waals surface area contributed by atoms with E-state index >= 15 is 0 Å². The van der Waals surface area contributed by atoms with Gasteiger partial charge in [0, 0.05) is 24.0 Å². The van der Waals surface area contributed by atoms with Crippen LogP contribution in [0.1, 0.15) is 16.3 Å². The summed E-state index contributed by atoms with van der Waals surface area (Å²) in [7, 11) is 0. The molecule has 0 unspecified atom stereocenters. The van der Waals surface area contributed by atoms with E-state index in [9.17, 15) is 4.79 Å². The average molecular weight is 275 g/mol. The highest BCUT2D eigenvalue weighted by Crippen LogP contribution is 2.08. The summed E-state index contributed by atoms with van der Waals surface area (Å²) in [6.07, 6.45) is 1.16. The van der Waals surface area contributed by atoms with Crippen molar-refractivity contribution in [3.8, 4) is 0 Å². The zero-order valence-corrected chi connectivity index (χ0v) is 11.7. The molecule has 0 aliphatic carbocycles. The summed E-state index contributed by atoms with van der Waals surface area (Å²) < 4.78 is 0. The molecule has 0 atom stereocenters. The van der Waals surface area contributed by atoms with Crippen LogP contribution in [0.15, 0.2) is 29.6 Å². The van der Waals surface area contributed by atoms with E-state index < -0.39 is 0 Å². The first-order chi connectivity index (χ1) is 9.13. The number of carbonyl (C=O) groups excluding carboxylic acids is 1. The van der Waals surface area contributed by atoms with Gasteiger partial charge in [-0.2, -0.15) is 0 Å². The highest BCUT2D eigenvalue weighted by molar-refractivity contribution is 7.09. The van der Waals surface area contributed by atoms with Gasteiger partial charge in [0.05, 0.1) is 17.1 Å². The molecule has 0 spiro atoms. The second-order valence-electron chi connectivity index (χ2n) is 4.38. The van der Waals surface area contributed by atoms with E-state index in [1.54, 1.807) is 23.5 Å². The van der Waals surface area contributed by atoms with Crippen molar-refractivity contribution in [2.75, 3.05) is 12.3 Å². The minimum Gasteiger partial charge on any atom is -0.399 e. The van der Waals surface area contributed by atoms with Gasteiger partial charge in [-0.25, -0.2) is 4.98 Å². The molecule has 0 saturated heterocycles. The molecule has 0 saturated carbocycles. The van der Waals surface area contributed by atoms with Crippen LogP contribution in [0.2, 0.25) is 0 Å². The van der Waals surface area contributed by atoms with Gasteiger partial charge < -0.3 is 11.1 Å². The molecule has 1 amide bonds. The molecule has 100 valence electrons. The molecule has 1 aromatic heterocycles. The number of aromatic nitrogens is 1. The Morgan fingerprint density at radius 1 is 1.37 bits per heavy atom. The molecule has 0 aliphatic heterocycles. The first-order valence-corrected chi connectivity index (χ1v) is 7.03. The molecule has 0 fully saturated rings. The Bertz CT molecular complexity index is 548. The van der Waals surface area contributed by atoms with E-state index in [4.69, 9.17) is 5.73 Å². The highest BCUT2D eigenvalue weighted by Gasteiger charge is 2.04. The van der Waals surface area contributed by atoms with E-state index in [1.165, 1.54) is 0 Å². The van der Waals surface area contributed by atoms with Gasteiger partial charge in [-0.15, -0.1) is 11.3 Å². The van der Waals surface area contributed by atoms with E-state index in [2.05, 4.69) is 10.3 Å². The second-order valence-corrected chi connectivity index (χ2v) is 5.44. The number of nitrogens with one attached hydrogen (secondary N) is 1. The Hall–Kier alpha value is -1.88. The number of anilines is 1. The lowest BCUT2D eigenvalue weighted by atomic mass is 10.1. The molecule has 19 heavy (non-hydrogen) atoms. The van der Waals surface area contributed by atoms with Crippen LogP contribution in [-0.2, 0) is 17.6 Å². The van der Waals surface area contributed by atoms with E-state index in [1.807, 2.05) is 24.4 Å². The third-order valence-corrected chi connectivity index (χ3v) is 3.54. The van der Waals surface area contributed by atoms with Crippen molar-refractivity contribution in [1.29, 1.82) is 0 Å². The molecule has 2 aromatic rings. The van der Waals surface area contributed by atoms with Crippen LogP contribution in [0, 0.1) is 6.92 Å². The van der Waals surface area contributed by atoms with Crippen molar-refractivity contribution in [2.45, 2.75) is 19.8 Å². The van der Waals surface area contributed by atoms with Crippen LogP contribution in [0.25, 0.3) is 0 Å². The number of hydrogen-bond acceptors (Lipinski definition) is 4. The second kappa shape index (κ2) is 6.33. The fourth-order valence-corrected chi connectivity index (χ4v) is 2.38. The molecule has 2 rings (SSSR count). The maximum atomic E-state index is 11.7. The fraction of sp³-hybridized carbons (Fsp3) is 0.286. The van der Waals surface area contributed by atoms with Crippen LogP contribution in [-0.4, -0.2) is 17.4 Å². The van der Waals surface area contributed by atoms with Gasteiger partial charge in [-0.3, -0.25) is 4.79 Å². The number of nitrogens with zero attached hydrogens (tertiary/aromatic N) is 1. The molecular weight excluding hydrogens is 258 g/mol. The lowest BCUT2D eigenvalue weighted by molar-refractivity contribution is -0.120. The Morgan fingerprint density at radius 3 is 2.74 bits per heavy atom.